The van der Waals surface area contributed by atoms with Gasteiger partial charge in [0.05, 0.1) is 6.04 Å². The fourth-order valence-corrected chi connectivity index (χ4v) is 2.49. The van der Waals surface area contributed by atoms with Gasteiger partial charge in [-0.3, -0.25) is 4.90 Å². The molecule has 1 N–H and O–H groups in total. The van der Waals surface area contributed by atoms with E-state index in [0.29, 0.717) is 5.92 Å². The van der Waals surface area contributed by atoms with Gasteiger partial charge in [-0.15, -0.1) is 12.4 Å². The van der Waals surface area contributed by atoms with Crippen molar-refractivity contribution in [2.75, 3.05) is 32.9 Å². The van der Waals surface area contributed by atoms with Crippen molar-refractivity contribution in [2.24, 2.45) is 0 Å². The van der Waals surface area contributed by atoms with Crippen molar-refractivity contribution < 1.29 is 4.39 Å². The molecule has 0 aromatic heterocycles. The van der Waals surface area contributed by atoms with E-state index in [0.717, 1.165) is 31.7 Å². The molecular formula is C15H24ClFN2. The molecule has 1 heterocycles. The second kappa shape index (κ2) is 7.83. The number of alkyl halides is 1. The largest absolute Gasteiger partial charge is 0.314 e. The highest BCUT2D eigenvalue weighted by Gasteiger charge is 2.21. The number of nitrogens with one attached hydrogen (secondary N) is 1. The van der Waals surface area contributed by atoms with Crippen LogP contribution in [0, 0.1) is 0 Å². The number of nitrogens with zero attached hydrogens (tertiary/aromatic N) is 1. The van der Waals surface area contributed by atoms with E-state index < -0.39 is 0 Å². The predicted octanol–water partition coefficient (Wildman–Crippen LogP) is 3.15. The average Bonchev–Trinajstić information content (AvgIpc) is 2.41. The molecule has 2 rings (SSSR count). The molecule has 108 valence electrons. The minimum atomic E-state index is -0.305. The molecule has 0 amide bonds. The Labute approximate surface area is 121 Å². The molecule has 0 spiro atoms. The Morgan fingerprint density at radius 1 is 1.11 bits per heavy atom. The van der Waals surface area contributed by atoms with Gasteiger partial charge in [-0.05, 0) is 17.0 Å². The van der Waals surface area contributed by atoms with Crippen LogP contribution in [-0.2, 0) is 0 Å². The van der Waals surface area contributed by atoms with E-state index in [1.165, 1.54) is 5.56 Å². The first-order valence-electron chi connectivity index (χ1n) is 6.83. The second-order valence-electron chi connectivity index (χ2n) is 5.28. The van der Waals surface area contributed by atoms with Crippen LogP contribution in [0.15, 0.2) is 24.3 Å². The van der Waals surface area contributed by atoms with Crippen molar-refractivity contribution in [1.29, 1.82) is 0 Å². The minimum absolute atomic E-state index is 0. The number of benzene rings is 1. The summed E-state index contributed by atoms with van der Waals surface area (Å²) in [7, 11) is 0. The summed E-state index contributed by atoms with van der Waals surface area (Å²) < 4.78 is 13.3. The molecule has 1 saturated heterocycles. The highest BCUT2D eigenvalue weighted by atomic mass is 35.5. The van der Waals surface area contributed by atoms with Crippen LogP contribution < -0.4 is 5.32 Å². The smallest absolute Gasteiger partial charge is 0.109 e. The molecule has 1 aromatic carbocycles. The van der Waals surface area contributed by atoms with Gasteiger partial charge in [-0.2, -0.15) is 0 Å². The average molecular weight is 287 g/mol. The number of hydrogen-bond donors (Lipinski definition) is 1. The van der Waals surface area contributed by atoms with Crippen LogP contribution in [0.5, 0.6) is 0 Å². The van der Waals surface area contributed by atoms with Crippen LogP contribution >= 0.6 is 12.4 Å². The SMILES string of the molecule is CC(C)c1ccc([C@H](CF)N2CCNCC2)cc1.Cl. The number of rotatable bonds is 4. The first-order chi connectivity index (χ1) is 8.72. The van der Waals surface area contributed by atoms with Crippen molar-refractivity contribution in [3.05, 3.63) is 35.4 Å². The van der Waals surface area contributed by atoms with Gasteiger partial charge >= 0.3 is 0 Å². The third kappa shape index (κ3) is 4.16. The lowest BCUT2D eigenvalue weighted by Crippen LogP contribution is -2.45. The van der Waals surface area contributed by atoms with Crippen molar-refractivity contribution in [2.45, 2.75) is 25.8 Å². The van der Waals surface area contributed by atoms with Crippen molar-refractivity contribution in [1.82, 2.24) is 10.2 Å². The highest BCUT2D eigenvalue weighted by molar-refractivity contribution is 5.85. The van der Waals surface area contributed by atoms with Gasteiger partial charge in [0, 0.05) is 26.2 Å². The van der Waals surface area contributed by atoms with Crippen LogP contribution in [0.4, 0.5) is 4.39 Å². The molecule has 1 aliphatic rings. The molecule has 1 fully saturated rings. The Bertz CT molecular complexity index is 361. The van der Waals surface area contributed by atoms with Gasteiger partial charge in [0.25, 0.3) is 0 Å². The normalized spacial score (nSPS) is 18.1. The first kappa shape index (κ1) is 16.4. The fourth-order valence-electron chi connectivity index (χ4n) is 2.49. The molecule has 1 aromatic rings. The fraction of sp³-hybridized carbons (Fsp3) is 0.600. The Balaban J connectivity index is 0.00000180. The van der Waals surface area contributed by atoms with E-state index in [2.05, 4.69) is 48.3 Å². The lowest BCUT2D eigenvalue weighted by atomic mass is 9.98. The van der Waals surface area contributed by atoms with Gasteiger partial charge in [-0.1, -0.05) is 38.1 Å². The zero-order chi connectivity index (χ0) is 13.0. The zero-order valence-corrected chi connectivity index (χ0v) is 12.5. The van der Waals surface area contributed by atoms with E-state index in [-0.39, 0.29) is 25.1 Å². The standard InChI is InChI=1S/C15H23FN2.ClH/c1-12(2)13-3-5-14(6-4-13)15(11-16)18-9-7-17-8-10-18;/h3-6,12,15,17H,7-11H2,1-2H3;1H/t15-;/m0./s1. The van der Waals surface area contributed by atoms with Crippen LogP contribution in [-0.4, -0.2) is 37.8 Å². The summed E-state index contributed by atoms with van der Waals surface area (Å²) in [6.07, 6.45) is 0. The van der Waals surface area contributed by atoms with Crippen LogP contribution in [0.25, 0.3) is 0 Å². The van der Waals surface area contributed by atoms with Crippen LogP contribution in [0.1, 0.15) is 36.9 Å². The summed E-state index contributed by atoms with van der Waals surface area (Å²) in [4.78, 5) is 2.24. The summed E-state index contributed by atoms with van der Waals surface area (Å²) in [5.74, 6) is 0.530. The van der Waals surface area contributed by atoms with Crippen molar-refractivity contribution in [3.63, 3.8) is 0 Å². The maximum Gasteiger partial charge on any atom is 0.109 e. The molecule has 2 nitrogen and oxygen atoms in total. The van der Waals surface area contributed by atoms with Crippen LogP contribution in [0.2, 0.25) is 0 Å². The van der Waals surface area contributed by atoms with Gasteiger partial charge < -0.3 is 5.32 Å². The maximum absolute atomic E-state index is 13.3. The quantitative estimate of drug-likeness (QED) is 0.915. The Morgan fingerprint density at radius 2 is 1.63 bits per heavy atom. The van der Waals surface area contributed by atoms with E-state index in [1.807, 2.05) is 0 Å². The number of halogens is 2. The molecule has 4 heteroatoms. The third-order valence-electron chi connectivity index (χ3n) is 3.73. The lowest BCUT2D eigenvalue weighted by Gasteiger charge is -2.33. The van der Waals surface area contributed by atoms with E-state index in [1.54, 1.807) is 0 Å². The van der Waals surface area contributed by atoms with Gasteiger partial charge in [-0.25, -0.2) is 4.39 Å². The van der Waals surface area contributed by atoms with Gasteiger partial charge in [0.1, 0.15) is 6.67 Å². The predicted molar refractivity (Wildman–Crippen MR) is 80.9 cm³/mol. The molecule has 19 heavy (non-hydrogen) atoms. The third-order valence-corrected chi connectivity index (χ3v) is 3.73. The number of piperazine rings is 1. The highest BCUT2D eigenvalue weighted by Crippen LogP contribution is 2.24. The first-order valence-corrected chi connectivity index (χ1v) is 6.83. The summed E-state index contributed by atoms with van der Waals surface area (Å²) in [6, 6.07) is 8.35. The van der Waals surface area contributed by atoms with E-state index >= 15 is 0 Å². The summed E-state index contributed by atoms with van der Waals surface area (Å²) in [5.41, 5.74) is 2.42. The van der Waals surface area contributed by atoms with Crippen molar-refractivity contribution >= 4 is 12.4 Å². The molecule has 0 radical (unpaired) electrons. The maximum atomic E-state index is 13.3. The number of hydrogen-bond acceptors (Lipinski definition) is 2. The topological polar surface area (TPSA) is 15.3 Å². The molecule has 1 atom stereocenters. The Kier molecular flexibility index (Phi) is 6.76. The Morgan fingerprint density at radius 3 is 2.11 bits per heavy atom. The Hall–Kier alpha value is -0.640. The molecule has 0 bridgehead atoms. The zero-order valence-electron chi connectivity index (χ0n) is 11.7. The second-order valence-corrected chi connectivity index (χ2v) is 5.28. The molecular weight excluding hydrogens is 263 g/mol. The summed E-state index contributed by atoms with van der Waals surface area (Å²) in [6.45, 7) is 7.83. The minimum Gasteiger partial charge on any atom is -0.314 e. The lowest BCUT2D eigenvalue weighted by molar-refractivity contribution is 0.147. The molecule has 0 aliphatic carbocycles. The summed E-state index contributed by atoms with van der Waals surface area (Å²) >= 11 is 0. The van der Waals surface area contributed by atoms with E-state index in [9.17, 15) is 4.39 Å². The van der Waals surface area contributed by atoms with Gasteiger partial charge in [0.15, 0.2) is 0 Å². The molecule has 0 unspecified atom stereocenters. The molecule has 0 saturated carbocycles. The monoisotopic (exact) mass is 286 g/mol. The van der Waals surface area contributed by atoms with E-state index in [4.69, 9.17) is 0 Å². The van der Waals surface area contributed by atoms with Gasteiger partial charge in [0.2, 0.25) is 0 Å². The van der Waals surface area contributed by atoms with Crippen LogP contribution in [0.3, 0.4) is 0 Å². The van der Waals surface area contributed by atoms with Crippen molar-refractivity contribution in [3.8, 4) is 0 Å². The summed E-state index contributed by atoms with van der Waals surface area (Å²) in [5, 5.41) is 3.31. The molecule has 1 aliphatic heterocycles.